The number of carbonyl (C=O) groups is 1. The molecule has 0 saturated heterocycles. The van der Waals surface area contributed by atoms with Crippen LogP contribution in [0.5, 0.6) is 0 Å². The molecule has 2 aromatic heterocycles. The molecule has 7 heteroatoms. The van der Waals surface area contributed by atoms with E-state index in [2.05, 4.69) is 15.3 Å². The lowest BCUT2D eigenvalue weighted by Gasteiger charge is -2.17. The van der Waals surface area contributed by atoms with Crippen molar-refractivity contribution in [1.82, 2.24) is 9.97 Å². The highest BCUT2D eigenvalue weighted by Crippen LogP contribution is 2.26. The highest BCUT2D eigenvalue weighted by Gasteiger charge is 2.22. The van der Waals surface area contributed by atoms with Crippen molar-refractivity contribution in [2.24, 2.45) is 0 Å². The molecule has 1 unspecified atom stereocenters. The number of thiophene rings is 1. The largest absolute Gasteiger partial charge is 0.468 e. The number of aromatic nitrogens is 2. The molecule has 130 valence electrons. The predicted molar refractivity (Wildman–Crippen MR) is 96.4 cm³/mol. The van der Waals surface area contributed by atoms with Gasteiger partial charge in [0, 0.05) is 13.0 Å². The summed E-state index contributed by atoms with van der Waals surface area (Å²) in [7, 11) is 1.34. The molecule has 25 heavy (non-hydrogen) atoms. The van der Waals surface area contributed by atoms with Crippen molar-refractivity contribution in [2.45, 2.75) is 19.3 Å². The monoisotopic (exact) mass is 359 g/mol. The smallest absolute Gasteiger partial charge is 0.314 e. The fourth-order valence-electron chi connectivity index (χ4n) is 2.57. The van der Waals surface area contributed by atoms with E-state index in [1.54, 1.807) is 23.5 Å². The van der Waals surface area contributed by atoms with E-state index in [0.717, 1.165) is 22.5 Å². The molecule has 0 spiro atoms. The molecule has 1 aromatic carbocycles. The topological polar surface area (TPSA) is 64.1 Å². The minimum Gasteiger partial charge on any atom is -0.468 e. The second kappa shape index (κ2) is 7.57. The van der Waals surface area contributed by atoms with Crippen LogP contribution in [0.4, 0.5) is 10.2 Å². The lowest BCUT2D eigenvalue weighted by molar-refractivity contribution is -0.142. The number of aryl methyl sites for hydroxylation is 1. The zero-order valence-corrected chi connectivity index (χ0v) is 14.8. The molecule has 5 nitrogen and oxygen atoms in total. The number of esters is 1. The molecule has 0 radical (unpaired) electrons. The van der Waals surface area contributed by atoms with Gasteiger partial charge in [0.25, 0.3) is 0 Å². The number of rotatable bonds is 6. The molecule has 0 aliphatic rings. The van der Waals surface area contributed by atoms with Gasteiger partial charge in [-0.25, -0.2) is 14.4 Å². The number of anilines is 1. The number of methoxy groups -OCH3 is 1. The van der Waals surface area contributed by atoms with Crippen LogP contribution in [0.2, 0.25) is 0 Å². The number of hydrogen-bond donors (Lipinski definition) is 1. The highest BCUT2D eigenvalue weighted by molar-refractivity contribution is 7.16. The van der Waals surface area contributed by atoms with Gasteiger partial charge in [-0.15, -0.1) is 11.3 Å². The Kier molecular flexibility index (Phi) is 5.23. The van der Waals surface area contributed by atoms with Gasteiger partial charge in [-0.3, -0.25) is 4.79 Å². The molecule has 0 bridgehead atoms. The molecule has 3 rings (SSSR count). The van der Waals surface area contributed by atoms with Gasteiger partial charge < -0.3 is 10.1 Å². The zero-order chi connectivity index (χ0) is 17.8. The Morgan fingerprint density at radius 3 is 2.72 bits per heavy atom. The van der Waals surface area contributed by atoms with Crippen LogP contribution in [0.25, 0.3) is 10.2 Å². The number of benzene rings is 1. The second-order valence-corrected chi connectivity index (χ2v) is 6.38. The van der Waals surface area contributed by atoms with Gasteiger partial charge in [0.05, 0.1) is 18.4 Å². The summed E-state index contributed by atoms with van der Waals surface area (Å²) in [5.41, 5.74) is 0.687. The third-order valence-corrected chi connectivity index (χ3v) is 4.73. The first kappa shape index (κ1) is 17.3. The average molecular weight is 359 g/mol. The Bertz CT molecular complexity index is 880. The summed E-state index contributed by atoms with van der Waals surface area (Å²) in [6.45, 7) is 2.29. The van der Waals surface area contributed by atoms with E-state index >= 15 is 0 Å². The molecule has 3 aromatic rings. The summed E-state index contributed by atoms with van der Waals surface area (Å²) in [5.74, 6) is 0.154. The van der Waals surface area contributed by atoms with Gasteiger partial charge in [-0.2, -0.15) is 0 Å². The molecule has 0 fully saturated rings. The summed E-state index contributed by atoms with van der Waals surface area (Å²) in [4.78, 5) is 22.1. The van der Waals surface area contributed by atoms with E-state index in [-0.39, 0.29) is 11.8 Å². The van der Waals surface area contributed by atoms with Crippen molar-refractivity contribution >= 4 is 33.3 Å². The maximum Gasteiger partial charge on any atom is 0.314 e. The summed E-state index contributed by atoms with van der Waals surface area (Å²) < 4.78 is 18.1. The zero-order valence-electron chi connectivity index (χ0n) is 14.0. The van der Waals surface area contributed by atoms with Crippen molar-refractivity contribution in [2.75, 3.05) is 19.0 Å². The van der Waals surface area contributed by atoms with Gasteiger partial charge in [-0.05, 0) is 29.1 Å². The van der Waals surface area contributed by atoms with E-state index in [0.29, 0.717) is 17.9 Å². The number of carbonyl (C=O) groups excluding carboxylic acids is 1. The van der Waals surface area contributed by atoms with E-state index < -0.39 is 5.92 Å². The SMILES string of the molecule is CCc1nc(NCC(C(=O)OC)c2ccc(F)cc2)c2ccsc2n1. The van der Waals surface area contributed by atoms with Crippen LogP contribution < -0.4 is 5.32 Å². The Labute approximate surface area is 148 Å². The van der Waals surface area contributed by atoms with E-state index in [1.807, 2.05) is 18.4 Å². The maximum atomic E-state index is 13.2. The van der Waals surface area contributed by atoms with Gasteiger partial charge in [0.2, 0.25) is 0 Å². The van der Waals surface area contributed by atoms with Gasteiger partial charge >= 0.3 is 5.97 Å². The fraction of sp³-hybridized carbons (Fsp3) is 0.278. The average Bonchev–Trinajstić information content (AvgIpc) is 3.11. The number of fused-ring (bicyclic) bond motifs is 1. The van der Waals surface area contributed by atoms with Crippen LogP contribution in [-0.2, 0) is 16.0 Å². The Morgan fingerprint density at radius 1 is 1.28 bits per heavy atom. The Balaban J connectivity index is 1.87. The second-order valence-electron chi connectivity index (χ2n) is 5.49. The van der Waals surface area contributed by atoms with Gasteiger partial charge in [0.15, 0.2) is 0 Å². The highest BCUT2D eigenvalue weighted by atomic mass is 32.1. The molecule has 0 aliphatic carbocycles. The normalized spacial score (nSPS) is 12.1. The molecule has 0 amide bonds. The Hall–Kier alpha value is -2.54. The molecular weight excluding hydrogens is 341 g/mol. The van der Waals surface area contributed by atoms with Crippen molar-refractivity contribution < 1.29 is 13.9 Å². The molecule has 0 saturated carbocycles. The van der Waals surface area contributed by atoms with Crippen molar-refractivity contribution in [1.29, 1.82) is 0 Å². The van der Waals surface area contributed by atoms with Crippen LogP contribution in [0.15, 0.2) is 35.7 Å². The lowest BCUT2D eigenvalue weighted by Crippen LogP contribution is -2.23. The number of nitrogens with zero attached hydrogens (tertiary/aromatic N) is 2. The first-order valence-corrected chi connectivity index (χ1v) is 8.81. The molecule has 1 N–H and O–H groups in total. The van der Waals surface area contributed by atoms with Crippen molar-refractivity contribution in [3.63, 3.8) is 0 Å². The number of ether oxygens (including phenoxy) is 1. The van der Waals surface area contributed by atoms with Crippen molar-refractivity contribution in [3.8, 4) is 0 Å². The standard InChI is InChI=1S/C18H18FN3O2S/c1-3-15-21-16(13-8-9-25-17(13)22-15)20-10-14(18(23)24-2)11-4-6-12(19)7-5-11/h4-9,14H,3,10H2,1-2H3,(H,20,21,22). The number of hydrogen-bond acceptors (Lipinski definition) is 6. The molecule has 1 atom stereocenters. The van der Waals surface area contributed by atoms with Crippen LogP contribution in [0, 0.1) is 5.82 Å². The predicted octanol–water partition coefficient (Wildman–Crippen LogP) is 3.76. The number of nitrogens with one attached hydrogen (secondary N) is 1. The van der Waals surface area contributed by atoms with Crippen LogP contribution >= 0.6 is 11.3 Å². The van der Waals surface area contributed by atoms with E-state index in [9.17, 15) is 9.18 Å². The summed E-state index contributed by atoms with van der Waals surface area (Å²) in [6, 6.07) is 7.81. The van der Waals surface area contributed by atoms with Gasteiger partial charge in [0.1, 0.15) is 22.3 Å². The van der Waals surface area contributed by atoms with E-state index in [4.69, 9.17) is 4.74 Å². The first-order valence-electron chi connectivity index (χ1n) is 7.93. The maximum absolute atomic E-state index is 13.2. The minimum absolute atomic E-state index is 0.295. The third kappa shape index (κ3) is 3.76. The quantitative estimate of drug-likeness (QED) is 0.679. The third-order valence-electron chi connectivity index (χ3n) is 3.92. The van der Waals surface area contributed by atoms with Gasteiger partial charge in [-0.1, -0.05) is 19.1 Å². The summed E-state index contributed by atoms with van der Waals surface area (Å²) in [6.07, 6.45) is 0.723. The summed E-state index contributed by atoms with van der Waals surface area (Å²) in [5, 5.41) is 6.12. The first-order chi connectivity index (χ1) is 12.1. The lowest BCUT2D eigenvalue weighted by atomic mass is 9.99. The minimum atomic E-state index is -0.556. The van der Waals surface area contributed by atoms with Crippen LogP contribution in [0.3, 0.4) is 0 Å². The van der Waals surface area contributed by atoms with Crippen molar-refractivity contribution in [3.05, 3.63) is 52.9 Å². The summed E-state index contributed by atoms with van der Waals surface area (Å²) >= 11 is 1.55. The number of halogens is 1. The van der Waals surface area contributed by atoms with E-state index in [1.165, 1.54) is 19.2 Å². The molecular formula is C18H18FN3O2S. The van der Waals surface area contributed by atoms with Crippen LogP contribution in [-0.4, -0.2) is 29.6 Å². The van der Waals surface area contributed by atoms with Crippen LogP contribution in [0.1, 0.15) is 24.2 Å². The molecule has 2 heterocycles. The fourth-order valence-corrected chi connectivity index (χ4v) is 3.35. The molecule has 0 aliphatic heterocycles. The Morgan fingerprint density at radius 2 is 2.04 bits per heavy atom.